The van der Waals surface area contributed by atoms with Crippen LogP contribution < -0.4 is 0 Å². The molecule has 0 fully saturated rings. The van der Waals surface area contributed by atoms with E-state index in [1.165, 1.54) is 11.3 Å². The molecule has 1 aromatic rings. The predicted octanol–water partition coefficient (Wildman–Crippen LogP) is 2.53. The zero-order valence-corrected chi connectivity index (χ0v) is 8.82. The molecule has 0 aromatic carbocycles. The van der Waals surface area contributed by atoms with Crippen LogP contribution in [0.25, 0.3) is 0 Å². The average molecular weight is 198 g/mol. The first-order valence-electron chi connectivity index (χ1n) is 4.46. The highest BCUT2D eigenvalue weighted by Gasteiger charge is 2.11. The van der Waals surface area contributed by atoms with Crippen LogP contribution in [0.5, 0.6) is 0 Å². The van der Waals surface area contributed by atoms with Gasteiger partial charge in [-0.1, -0.05) is 6.92 Å². The molecule has 72 valence electrons. The Morgan fingerprint density at radius 3 is 2.92 bits per heavy atom. The summed E-state index contributed by atoms with van der Waals surface area (Å²) in [5.41, 5.74) is 1.13. The van der Waals surface area contributed by atoms with Crippen molar-refractivity contribution >= 4 is 17.1 Å². The minimum Gasteiger partial charge on any atom is -0.374 e. The van der Waals surface area contributed by atoms with Gasteiger partial charge in [0, 0.05) is 6.61 Å². The highest BCUT2D eigenvalue weighted by atomic mass is 32.1. The van der Waals surface area contributed by atoms with Crippen LogP contribution in [0.2, 0.25) is 0 Å². The van der Waals surface area contributed by atoms with Gasteiger partial charge in [0.05, 0.1) is 4.88 Å². The predicted molar refractivity (Wildman–Crippen MR) is 54.5 cm³/mol. The maximum Gasteiger partial charge on any atom is 0.198 e. The lowest BCUT2D eigenvalue weighted by molar-refractivity contribution is 0.0786. The first-order valence-corrected chi connectivity index (χ1v) is 5.34. The number of thiophene rings is 1. The van der Waals surface area contributed by atoms with E-state index in [0.29, 0.717) is 6.61 Å². The van der Waals surface area contributed by atoms with E-state index in [1.807, 2.05) is 18.4 Å². The number of hydrogen-bond acceptors (Lipinski definition) is 3. The van der Waals surface area contributed by atoms with Gasteiger partial charge in [-0.3, -0.25) is 4.79 Å². The van der Waals surface area contributed by atoms with Crippen LogP contribution in [0.3, 0.4) is 0 Å². The Morgan fingerprint density at radius 2 is 2.31 bits per heavy atom. The fraction of sp³-hybridized carbons (Fsp3) is 0.500. The van der Waals surface area contributed by atoms with Crippen LogP contribution >= 0.6 is 11.3 Å². The summed E-state index contributed by atoms with van der Waals surface area (Å²) < 4.78 is 5.08. The quantitative estimate of drug-likeness (QED) is 0.680. The summed E-state index contributed by atoms with van der Waals surface area (Å²) in [6, 6.07) is 2.00. The third-order valence-electron chi connectivity index (χ3n) is 1.82. The minimum atomic E-state index is 0.105. The van der Waals surface area contributed by atoms with Gasteiger partial charge in [0.15, 0.2) is 5.78 Å². The van der Waals surface area contributed by atoms with Gasteiger partial charge in [0.2, 0.25) is 0 Å². The van der Waals surface area contributed by atoms with Crippen molar-refractivity contribution in [3.63, 3.8) is 0 Å². The van der Waals surface area contributed by atoms with Crippen molar-refractivity contribution in [3.05, 3.63) is 21.9 Å². The number of carbonyl (C=O) groups excluding carboxylic acids is 1. The van der Waals surface area contributed by atoms with Gasteiger partial charge in [-0.2, -0.15) is 0 Å². The summed E-state index contributed by atoms with van der Waals surface area (Å²) in [5, 5.41) is 1.96. The third kappa shape index (κ3) is 2.64. The molecule has 0 aliphatic carbocycles. The maximum absolute atomic E-state index is 11.5. The number of rotatable bonds is 5. The first kappa shape index (κ1) is 10.4. The highest BCUT2D eigenvalue weighted by molar-refractivity contribution is 7.12. The average Bonchev–Trinajstić information content (AvgIpc) is 2.61. The maximum atomic E-state index is 11.5. The second-order valence-electron chi connectivity index (χ2n) is 2.69. The van der Waals surface area contributed by atoms with E-state index < -0.39 is 0 Å². The van der Waals surface area contributed by atoms with Crippen molar-refractivity contribution in [2.24, 2.45) is 0 Å². The molecule has 0 aliphatic rings. The van der Waals surface area contributed by atoms with E-state index >= 15 is 0 Å². The Morgan fingerprint density at radius 1 is 1.54 bits per heavy atom. The SMILES string of the molecule is CCOCC(=O)c1sccc1CC. The molecule has 0 bridgehead atoms. The zero-order valence-electron chi connectivity index (χ0n) is 8.00. The smallest absolute Gasteiger partial charge is 0.198 e. The van der Waals surface area contributed by atoms with Crippen molar-refractivity contribution in [2.75, 3.05) is 13.2 Å². The van der Waals surface area contributed by atoms with Crippen molar-refractivity contribution < 1.29 is 9.53 Å². The molecular weight excluding hydrogens is 184 g/mol. The molecule has 0 N–H and O–H groups in total. The lowest BCUT2D eigenvalue weighted by atomic mass is 10.1. The number of ketones is 1. The van der Waals surface area contributed by atoms with Gasteiger partial charge in [0.1, 0.15) is 6.61 Å². The van der Waals surface area contributed by atoms with Gasteiger partial charge in [0.25, 0.3) is 0 Å². The number of aryl methyl sites for hydroxylation is 1. The van der Waals surface area contributed by atoms with Crippen LogP contribution in [0.1, 0.15) is 29.1 Å². The molecule has 1 rings (SSSR count). The lowest BCUT2D eigenvalue weighted by Gasteiger charge is -2.00. The van der Waals surface area contributed by atoms with Crippen LogP contribution in [0.15, 0.2) is 11.4 Å². The Balaban J connectivity index is 2.65. The number of carbonyl (C=O) groups is 1. The van der Waals surface area contributed by atoms with Gasteiger partial charge in [-0.25, -0.2) is 0 Å². The zero-order chi connectivity index (χ0) is 9.68. The number of ether oxygens (including phenoxy) is 1. The van der Waals surface area contributed by atoms with E-state index in [2.05, 4.69) is 6.92 Å². The van der Waals surface area contributed by atoms with Gasteiger partial charge in [-0.05, 0) is 30.4 Å². The number of hydrogen-bond donors (Lipinski definition) is 0. The van der Waals surface area contributed by atoms with Crippen molar-refractivity contribution in [3.8, 4) is 0 Å². The summed E-state index contributed by atoms with van der Waals surface area (Å²) >= 11 is 1.50. The monoisotopic (exact) mass is 198 g/mol. The van der Waals surface area contributed by atoms with Crippen LogP contribution in [0, 0.1) is 0 Å². The van der Waals surface area contributed by atoms with E-state index in [1.54, 1.807) is 0 Å². The van der Waals surface area contributed by atoms with E-state index in [4.69, 9.17) is 4.74 Å². The molecule has 0 atom stereocenters. The van der Waals surface area contributed by atoms with E-state index in [-0.39, 0.29) is 12.4 Å². The largest absolute Gasteiger partial charge is 0.374 e. The minimum absolute atomic E-state index is 0.105. The third-order valence-corrected chi connectivity index (χ3v) is 2.82. The van der Waals surface area contributed by atoms with Gasteiger partial charge < -0.3 is 4.74 Å². The molecule has 0 radical (unpaired) electrons. The lowest BCUT2D eigenvalue weighted by Crippen LogP contribution is -2.08. The van der Waals surface area contributed by atoms with Crippen molar-refractivity contribution in [1.29, 1.82) is 0 Å². The molecule has 2 nitrogen and oxygen atoms in total. The summed E-state index contributed by atoms with van der Waals surface area (Å²) in [7, 11) is 0. The molecular formula is C10H14O2S. The summed E-state index contributed by atoms with van der Waals surface area (Å²) in [5.74, 6) is 0.105. The molecule has 0 saturated carbocycles. The van der Waals surface area contributed by atoms with E-state index in [9.17, 15) is 4.79 Å². The molecule has 1 aromatic heterocycles. The summed E-state index contributed by atoms with van der Waals surface area (Å²) in [6.45, 7) is 4.75. The molecule has 0 saturated heterocycles. The normalized spacial score (nSPS) is 10.3. The number of Topliss-reactive ketones (excluding diaryl/α,β-unsaturated/α-hetero) is 1. The molecule has 0 aliphatic heterocycles. The fourth-order valence-electron chi connectivity index (χ4n) is 1.12. The standard InChI is InChI=1S/C10H14O2S/c1-3-8-5-6-13-10(8)9(11)7-12-4-2/h5-6H,3-4,7H2,1-2H3. The molecule has 0 amide bonds. The van der Waals surface area contributed by atoms with Crippen LogP contribution in [-0.2, 0) is 11.2 Å². The Labute approximate surface area is 82.5 Å². The van der Waals surface area contributed by atoms with Crippen molar-refractivity contribution in [1.82, 2.24) is 0 Å². The molecule has 1 heterocycles. The van der Waals surface area contributed by atoms with Crippen LogP contribution in [0.4, 0.5) is 0 Å². The molecule has 13 heavy (non-hydrogen) atoms. The Hall–Kier alpha value is -0.670. The van der Waals surface area contributed by atoms with Crippen LogP contribution in [-0.4, -0.2) is 19.0 Å². The summed E-state index contributed by atoms with van der Waals surface area (Å²) in [4.78, 5) is 12.4. The second kappa shape index (κ2) is 5.14. The Kier molecular flexibility index (Phi) is 4.12. The fourth-order valence-corrected chi connectivity index (χ4v) is 2.04. The molecule has 3 heteroatoms. The molecule has 0 unspecified atom stereocenters. The second-order valence-corrected chi connectivity index (χ2v) is 3.60. The summed E-state index contributed by atoms with van der Waals surface area (Å²) in [6.07, 6.45) is 0.913. The van der Waals surface area contributed by atoms with Crippen molar-refractivity contribution in [2.45, 2.75) is 20.3 Å². The van der Waals surface area contributed by atoms with Gasteiger partial charge in [-0.15, -0.1) is 11.3 Å². The highest BCUT2D eigenvalue weighted by Crippen LogP contribution is 2.17. The van der Waals surface area contributed by atoms with Gasteiger partial charge >= 0.3 is 0 Å². The van der Waals surface area contributed by atoms with E-state index in [0.717, 1.165) is 16.9 Å². The first-order chi connectivity index (χ1) is 6.29. The molecule has 0 spiro atoms. The Bertz CT molecular complexity index is 278. The topological polar surface area (TPSA) is 26.3 Å².